The molecule has 0 unspecified atom stereocenters. The molecule has 39 heavy (non-hydrogen) atoms. The number of aromatic nitrogens is 1. The van der Waals surface area contributed by atoms with Gasteiger partial charge in [-0.3, -0.25) is 0 Å². The lowest BCUT2D eigenvalue weighted by Gasteiger charge is -2.26. The van der Waals surface area contributed by atoms with Gasteiger partial charge in [-0.15, -0.1) is 0 Å². The van der Waals surface area contributed by atoms with Crippen LogP contribution in [-0.4, -0.2) is 4.98 Å². The third-order valence-corrected chi connectivity index (χ3v) is 8.14. The first kappa shape index (κ1) is 22.1. The van der Waals surface area contributed by atoms with Gasteiger partial charge in [-0.05, 0) is 69.8 Å². The zero-order valence-corrected chi connectivity index (χ0v) is 21.7. The molecular weight excluding hydrogens is 478 g/mol. The fourth-order valence-corrected chi connectivity index (χ4v) is 6.17. The van der Waals surface area contributed by atoms with Gasteiger partial charge >= 0.3 is 0 Å². The molecule has 0 fully saturated rings. The van der Waals surface area contributed by atoms with Gasteiger partial charge < -0.3 is 9.47 Å². The molecule has 0 N–H and O–H groups in total. The number of pyridine rings is 1. The third kappa shape index (κ3) is 3.26. The Morgan fingerprint density at radius 3 is 2.18 bits per heavy atom. The van der Waals surface area contributed by atoms with Crippen LogP contribution in [-0.2, 0) is 5.41 Å². The minimum absolute atomic E-state index is 0.102. The highest BCUT2D eigenvalue weighted by atomic mass is 16.6. The van der Waals surface area contributed by atoms with Crippen molar-refractivity contribution in [2.45, 2.75) is 19.3 Å². The molecule has 2 heterocycles. The maximum atomic E-state index is 6.66. The van der Waals surface area contributed by atoms with Crippen LogP contribution in [0.4, 0.5) is 0 Å². The van der Waals surface area contributed by atoms with Gasteiger partial charge in [0.05, 0.1) is 11.2 Å². The van der Waals surface area contributed by atoms with E-state index in [0.717, 1.165) is 44.8 Å². The summed E-state index contributed by atoms with van der Waals surface area (Å²) in [5.41, 5.74) is 9.94. The van der Waals surface area contributed by atoms with Crippen molar-refractivity contribution in [3.63, 3.8) is 0 Å². The number of fused-ring (bicyclic) bond motifs is 6. The first-order valence-corrected chi connectivity index (χ1v) is 13.3. The van der Waals surface area contributed by atoms with E-state index in [0.29, 0.717) is 11.5 Å². The summed E-state index contributed by atoms with van der Waals surface area (Å²) in [6.07, 6.45) is 0. The summed E-state index contributed by atoms with van der Waals surface area (Å²) in [6.45, 7) is 4.55. The second-order valence-corrected chi connectivity index (χ2v) is 10.8. The SMILES string of the molecule is CC1(C)c2ccccc2-c2cc3c(cc21)Oc1cccc(-c2cc(-c4ccccc4)c4ccccc4n2)c1O3. The van der Waals surface area contributed by atoms with Gasteiger partial charge in [0.2, 0.25) is 0 Å². The van der Waals surface area contributed by atoms with Gasteiger partial charge in [0.15, 0.2) is 23.0 Å². The Kier molecular flexibility index (Phi) is 4.57. The number of hydrogen-bond acceptors (Lipinski definition) is 3. The number of benzene rings is 5. The molecule has 6 aromatic rings. The van der Waals surface area contributed by atoms with E-state index in [4.69, 9.17) is 14.5 Å². The predicted molar refractivity (Wildman–Crippen MR) is 157 cm³/mol. The van der Waals surface area contributed by atoms with E-state index in [1.165, 1.54) is 22.3 Å². The molecule has 0 atom stereocenters. The van der Waals surface area contributed by atoms with E-state index >= 15 is 0 Å². The molecule has 8 rings (SSSR count). The Labute approximate surface area is 227 Å². The van der Waals surface area contributed by atoms with Crippen LogP contribution in [0.5, 0.6) is 23.0 Å². The molecule has 0 radical (unpaired) electrons. The standard InChI is InChI=1S/C36H25NO2/c1-36(2)28-16-8-6-13-23(28)27-20-33-34(21-29(27)36)38-32-18-10-15-25(35(32)39-33)31-19-26(22-11-4-3-5-12-22)24-14-7-9-17-30(24)37-31/h3-21H,1-2H3. The Morgan fingerprint density at radius 1 is 0.538 bits per heavy atom. The normalized spacial score (nSPS) is 14.0. The number of ether oxygens (including phenoxy) is 2. The monoisotopic (exact) mass is 503 g/mol. The predicted octanol–water partition coefficient (Wildman–Crippen LogP) is 9.77. The molecule has 0 bridgehead atoms. The van der Waals surface area contributed by atoms with Gasteiger partial charge in [-0.2, -0.15) is 0 Å². The highest BCUT2D eigenvalue weighted by Gasteiger charge is 2.37. The maximum absolute atomic E-state index is 6.66. The third-order valence-electron chi connectivity index (χ3n) is 8.14. The van der Waals surface area contributed by atoms with Gasteiger partial charge in [0.1, 0.15) is 0 Å². The van der Waals surface area contributed by atoms with E-state index < -0.39 is 0 Å². The van der Waals surface area contributed by atoms with E-state index in [1.54, 1.807) is 0 Å². The molecule has 186 valence electrons. The molecule has 0 saturated heterocycles. The average molecular weight is 504 g/mol. The van der Waals surface area contributed by atoms with Crippen LogP contribution in [0.1, 0.15) is 25.0 Å². The molecule has 5 aromatic carbocycles. The van der Waals surface area contributed by atoms with E-state index in [9.17, 15) is 0 Å². The first-order valence-electron chi connectivity index (χ1n) is 13.3. The highest BCUT2D eigenvalue weighted by molar-refractivity contribution is 5.97. The minimum Gasteiger partial charge on any atom is -0.449 e. The van der Waals surface area contributed by atoms with Crippen LogP contribution in [0.2, 0.25) is 0 Å². The minimum atomic E-state index is -0.102. The second-order valence-electron chi connectivity index (χ2n) is 10.8. The molecule has 1 aliphatic heterocycles. The first-order chi connectivity index (χ1) is 19.1. The Bertz CT molecular complexity index is 1940. The molecule has 1 aliphatic carbocycles. The van der Waals surface area contributed by atoms with Gasteiger partial charge in [0.25, 0.3) is 0 Å². The van der Waals surface area contributed by atoms with Crippen molar-refractivity contribution in [3.8, 4) is 56.5 Å². The maximum Gasteiger partial charge on any atom is 0.179 e. The van der Waals surface area contributed by atoms with Crippen molar-refractivity contribution >= 4 is 10.9 Å². The Balaban J connectivity index is 1.29. The molecule has 0 spiro atoms. The summed E-state index contributed by atoms with van der Waals surface area (Å²) in [6, 6.07) is 39.9. The quantitative estimate of drug-likeness (QED) is 0.235. The molecule has 1 aromatic heterocycles. The summed E-state index contributed by atoms with van der Waals surface area (Å²) in [5, 5.41) is 1.12. The number of nitrogens with zero attached hydrogens (tertiary/aromatic N) is 1. The zero-order chi connectivity index (χ0) is 26.1. The average Bonchev–Trinajstić information content (AvgIpc) is 3.20. The van der Waals surface area contributed by atoms with Gasteiger partial charge in [-0.25, -0.2) is 4.98 Å². The van der Waals surface area contributed by atoms with E-state index in [2.05, 4.69) is 105 Å². The van der Waals surface area contributed by atoms with Crippen LogP contribution >= 0.6 is 0 Å². The summed E-state index contributed by atoms with van der Waals surface area (Å²) >= 11 is 0. The van der Waals surface area contributed by atoms with Crippen LogP contribution in [0.25, 0.3) is 44.4 Å². The van der Waals surface area contributed by atoms with Crippen molar-refractivity contribution in [1.29, 1.82) is 0 Å². The zero-order valence-electron chi connectivity index (χ0n) is 21.7. The fourth-order valence-electron chi connectivity index (χ4n) is 6.17. The van der Waals surface area contributed by atoms with Gasteiger partial charge in [-0.1, -0.05) is 92.7 Å². The van der Waals surface area contributed by atoms with Crippen LogP contribution in [0.15, 0.2) is 115 Å². The Hall–Kier alpha value is -4.89. The van der Waals surface area contributed by atoms with E-state index in [-0.39, 0.29) is 5.41 Å². The number of hydrogen-bond donors (Lipinski definition) is 0. The lowest BCUT2D eigenvalue weighted by atomic mass is 9.82. The molecule has 0 amide bonds. The van der Waals surface area contributed by atoms with Gasteiger partial charge in [0, 0.05) is 16.4 Å². The van der Waals surface area contributed by atoms with Crippen molar-refractivity contribution < 1.29 is 9.47 Å². The van der Waals surface area contributed by atoms with Crippen LogP contribution < -0.4 is 9.47 Å². The Morgan fingerprint density at radius 2 is 1.28 bits per heavy atom. The summed E-state index contributed by atoms with van der Waals surface area (Å²) in [7, 11) is 0. The molecule has 0 saturated carbocycles. The molecule has 3 nitrogen and oxygen atoms in total. The van der Waals surface area contributed by atoms with Crippen molar-refractivity contribution in [2.75, 3.05) is 0 Å². The highest BCUT2D eigenvalue weighted by Crippen LogP contribution is 2.56. The summed E-state index contributed by atoms with van der Waals surface area (Å²) in [5.74, 6) is 2.86. The second kappa shape index (κ2) is 8.05. The van der Waals surface area contributed by atoms with Crippen LogP contribution in [0, 0.1) is 0 Å². The van der Waals surface area contributed by atoms with Crippen molar-refractivity contribution in [3.05, 3.63) is 126 Å². The smallest absolute Gasteiger partial charge is 0.179 e. The lowest BCUT2D eigenvalue weighted by molar-refractivity contribution is 0.360. The van der Waals surface area contributed by atoms with Crippen molar-refractivity contribution in [1.82, 2.24) is 4.98 Å². The topological polar surface area (TPSA) is 31.4 Å². The van der Waals surface area contributed by atoms with E-state index in [1.807, 2.05) is 24.3 Å². The van der Waals surface area contributed by atoms with Crippen molar-refractivity contribution in [2.24, 2.45) is 0 Å². The largest absolute Gasteiger partial charge is 0.449 e. The molecular formula is C36H25NO2. The fraction of sp³-hybridized carbons (Fsp3) is 0.0833. The number of para-hydroxylation sites is 2. The number of rotatable bonds is 2. The summed E-state index contributed by atoms with van der Waals surface area (Å²) in [4.78, 5) is 5.07. The molecule has 2 aliphatic rings. The molecule has 3 heteroatoms. The summed E-state index contributed by atoms with van der Waals surface area (Å²) < 4.78 is 13.2. The lowest BCUT2D eigenvalue weighted by Crippen LogP contribution is -2.15. The van der Waals surface area contributed by atoms with Crippen LogP contribution in [0.3, 0.4) is 0 Å².